The van der Waals surface area contributed by atoms with Crippen LogP contribution in [0.25, 0.3) is 0 Å². The number of aryl methyl sites for hydroxylation is 1. The number of hydrazine groups is 1. The highest BCUT2D eigenvalue weighted by Crippen LogP contribution is 2.25. The summed E-state index contributed by atoms with van der Waals surface area (Å²) in [6.07, 6.45) is 0.833. The minimum atomic E-state index is -0.426. The Morgan fingerprint density at radius 3 is 2.43 bits per heavy atom. The molecule has 0 aliphatic rings. The Kier molecular flexibility index (Phi) is 9.51. The number of carbonyl (C=O) groups excluding carboxylic acids is 3. The zero-order valence-corrected chi connectivity index (χ0v) is 19.0. The lowest BCUT2D eigenvalue weighted by Crippen LogP contribution is -2.48. The second-order valence-electron chi connectivity index (χ2n) is 6.54. The molecule has 0 bridgehead atoms. The van der Waals surface area contributed by atoms with Gasteiger partial charge in [0.1, 0.15) is 5.01 Å². The van der Waals surface area contributed by atoms with Crippen molar-refractivity contribution in [1.82, 2.24) is 20.7 Å². The van der Waals surface area contributed by atoms with Crippen LogP contribution in [0, 0.1) is 6.92 Å². The third-order valence-corrected chi connectivity index (χ3v) is 5.31. The van der Waals surface area contributed by atoms with Crippen LogP contribution in [0.15, 0.2) is 23.6 Å². The number of rotatable bonds is 9. The second kappa shape index (κ2) is 11.8. The highest BCUT2D eigenvalue weighted by molar-refractivity contribution is 7.09. The van der Waals surface area contributed by atoms with Crippen molar-refractivity contribution in [2.24, 2.45) is 0 Å². The molecule has 0 fully saturated rings. The van der Waals surface area contributed by atoms with Gasteiger partial charge < -0.3 is 5.32 Å². The van der Waals surface area contributed by atoms with E-state index in [-0.39, 0.29) is 31.3 Å². The third kappa shape index (κ3) is 8.27. The van der Waals surface area contributed by atoms with Crippen LogP contribution < -0.4 is 16.2 Å². The van der Waals surface area contributed by atoms with Crippen LogP contribution in [0.1, 0.15) is 24.0 Å². The first-order valence-electron chi connectivity index (χ1n) is 9.22. The third-order valence-electron chi connectivity index (χ3n) is 3.80. The molecule has 0 radical (unpaired) electrons. The van der Waals surface area contributed by atoms with Crippen LogP contribution in [0.4, 0.5) is 5.69 Å². The molecule has 0 unspecified atom stereocenters. The number of thiazole rings is 1. The molecule has 11 heteroatoms. The number of benzene rings is 1. The van der Waals surface area contributed by atoms with Gasteiger partial charge in [0.15, 0.2) is 0 Å². The predicted octanol–water partition coefficient (Wildman–Crippen LogP) is 2.80. The van der Waals surface area contributed by atoms with Gasteiger partial charge in [-0.1, -0.05) is 30.1 Å². The zero-order chi connectivity index (χ0) is 22.1. The van der Waals surface area contributed by atoms with E-state index >= 15 is 0 Å². The van der Waals surface area contributed by atoms with E-state index < -0.39 is 5.91 Å². The number of carbonyl (C=O) groups is 3. The SMILES string of the molecule is CCCN(CC(=O)NNC(=O)Cc1nc(C)cs1)CC(=O)Nc1ccc(Cl)cc1Cl. The molecule has 0 atom stereocenters. The van der Waals surface area contributed by atoms with Crippen LogP contribution in [-0.4, -0.2) is 47.2 Å². The Labute approximate surface area is 188 Å². The van der Waals surface area contributed by atoms with Gasteiger partial charge in [0, 0.05) is 16.1 Å². The van der Waals surface area contributed by atoms with Gasteiger partial charge in [-0.05, 0) is 38.1 Å². The van der Waals surface area contributed by atoms with Crippen molar-refractivity contribution in [2.45, 2.75) is 26.7 Å². The summed E-state index contributed by atoms with van der Waals surface area (Å²) in [4.78, 5) is 42.3. The number of amides is 3. The lowest BCUT2D eigenvalue weighted by Gasteiger charge is -2.21. The van der Waals surface area contributed by atoms with Crippen LogP contribution in [0.3, 0.4) is 0 Å². The zero-order valence-electron chi connectivity index (χ0n) is 16.6. The fourth-order valence-corrected chi connectivity index (χ4v) is 3.79. The molecule has 1 aromatic heterocycles. The molecule has 162 valence electrons. The summed E-state index contributed by atoms with van der Waals surface area (Å²) in [6, 6.07) is 4.76. The molecule has 30 heavy (non-hydrogen) atoms. The Hall–Kier alpha value is -2.20. The van der Waals surface area contributed by atoms with E-state index in [0.29, 0.717) is 27.3 Å². The molecule has 3 N–H and O–H groups in total. The first kappa shape index (κ1) is 24.1. The van der Waals surface area contributed by atoms with Crippen molar-refractivity contribution in [2.75, 3.05) is 25.0 Å². The number of nitrogens with one attached hydrogen (secondary N) is 3. The summed E-state index contributed by atoms with van der Waals surface area (Å²) in [5.74, 6) is -1.11. The van der Waals surface area contributed by atoms with Crippen LogP contribution in [-0.2, 0) is 20.8 Å². The van der Waals surface area contributed by atoms with Crippen molar-refractivity contribution in [3.63, 3.8) is 0 Å². The number of aromatic nitrogens is 1. The van der Waals surface area contributed by atoms with Gasteiger partial charge in [0.05, 0.1) is 30.2 Å². The highest BCUT2D eigenvalue weighted by atomic mass is 35.5. The first-order valence-corrected chi connectivity index (χ1v) is 10.9. The lowest BCUT2D eigenvalue weighted by atomic mass is 10.3. The molecule has 2 aromatic rings. The van der Waals surface area contributed by atoms with Gasteiger partial charge in [-0.2, -0.15) is 0 Å². The summed E-state index contributed by atoms with van der Waals surface area (Å²) in [7, 11) is 0. The monoisotopic (exact) mass is 471 g/mol. The summed E-state index contributed by atoms with van der Waals surface area (Å²) in [5.41, 5.74) is 6.02. The van der Waals surface area contributed by atoms with E-state index in [1.807, 2.05) is 19.2 Å². The number of hydrogen-bond donors (Lipinski definition) is 3. The van der Waals surface area contributed by atoms with E-state index in [4.69, 9.17) is 23.2 Å². The van der Waals surface area contributed by atoms with Gasteiger partial charge in [-0.25, -0.2) is 4.98 Å². The minimum absolute atomic E-state index is 0.00739. The average molecular weight is 472 g/mol. The lowest BCUT2D eigenvalue weighted by molar-refractivity contribution is -0.129. The van der Waals surface area contributed by atoms with Gasteiger partial charge >= 0.3 is 0 Å². The quantitative estimate of drug-likeness (QED) is 0.487. The fourth-order valence-electron chi connectivity index (χ4n) is 2.56. The van der Waals surface area contributed by atoms with Crippen molar-refractivity contribution in [1.29, 1.82) is 0 Å². The van der Waals surface area contributed by atoms with Gasteiger partial charge in [-0.15, -0.1) is 11.3 Å². The first-order chi connectivity index (χ1) is 14.3. The molecular formula is C19H23Cl2N5O3S. The molecular weight excluding hydrogens is 449 g/mol. The molecule has 1 heterocycles. The average Bonchev–Trinajstić information content (AvgIpc) is 3.07. The van der Waals surface area contributed by atoms with E-state index in [1.165, 1.54) is 17.4 Å². The van der Waals surface area contributed by atoms with Crippen molar-refractivity contribution >= 4 is 57.9 Å². The molecule has 8 nitrogen and oxygen atoms in total. The number of hydrogen-bond acceptors (Lipinski definition) is 6. The molecule has 0 spiro atoms. The number of anilines is 1. The van der Waals surface area contributed by atoms with Crippen molar-refractivity contribution in [3.8, 4) is 0 Å². The molecule has 1 aromatic carbocycles. The number of nitrogens with zero attached hydrogens (tertiary/aromatic N) is 2. The van der Waals surface area contributed by atoms with Crippen LogP contribution in [0.2, 0.25) is 10.0 Å². The number of halogens is 2. The van der Waals surface area contributed by atoms with Crippen molar-refractivity contribution < 1.29 is 14.4 Å². The van der Waals surface area contributed by atoms with E-state index in [0.717, 1.165) is 12.1 Å². The predicted molar refractivity (Wildman–Crippen MR) is 119 cm³/mol. The van der Waals surface area contributed by atoms with Gasteiger partial charge in [0.25, 0.3) is 5.91 Å². The molecule has 2 rings (SSSR count). The van der Waals surface area contributed by atoms with Crippen molar-refractivity contribution in [3.05, 3.63) is 44.3 Å². The summed E-state index contributed by atoms with van der Waals surface area (Å²) >= 11 is 13.3. The minimum Gasteiger partial charge on any atom is -0.324 e. The summed E-state index contributed by atoms with van der Waals surface area (Å²) in [5, 5.41) is 6.02. The van der Waals surface area contributed by atoms with E-state index in [2.05, 4.69) is 21.2 Å². The van der Waals surface area contributed by atoms with Gasteiger partial charge in [0.2, 0.25) is 11.8 Å². The summed E-state index contributed by atoms with van der Waals surface area (Å²) < 4.78 is 0. The Morgan fingerprint density at radius 2 is 1.80 bits per heavy atom. The maximum absolute atomic E-state index is 12.3. The maximum Gasteiger partial charge on any atom is 0.252 e. The normalized spacial score (nSPS) is 10.7. The topological polar surface area (TPSA) is 103 Å². The van der Waals surface area contributed by atoms with E-state index in [9.17, 15) is 14.4 Å². The molecule has 0 aliphatic carbocycles. The molecule has 0 aliphatic heterocycles. The smallest absolute Gasteiger partial charge is 0.252 e. The maximum atomic E-state index is 12.3. The summed E-state index contributed by atoms with van der Waals surface area (Å²) in [6.45, 7) is 4.26. The Morgan fingerprint density at radius 1 is 1.10 bits per heavy atom. The van der Waals surface area contributed by atoms with Crippen LogP contribution >= 0.6 is 34.5 Å². The second-order valence-corrected chi connectivity index (χ2v) is 8.33. The highest BCUT2D eigenvalue weighted by Gasteiger charge is 2.16. The molecule has 3 amide bonds. The van der Waals surface area contributed by atoms with E-state index in [1.54, 1.807) is 17.0 Å². The standard InChI is InChI=1S/C19H23Cl2N5O3S/c1-3-6-26(9-17(28)23-15-5-4-13(20)7-14(15)21)10-18(29)25-24-16(27)8-19-22-12(2)11-30-19/h4-5,7,11H,3,6,8-10H2,1-2H3,(H,23,28)(H,24,27)(H,25,29). The molecule has 0 saturated carbocycles. The Bertz CT molecular complexity index is 906. The molecule has 0 saturated heterocycles. The van der Waals surface area contributed by atoms with Crippen LogP contribution in [0.5, 0.6) is 0 Å². The largest absolute Gasteiger partial charge is 0.324 e. The Balaban J connectivity index is 1.80. The van der Waals surface area contributed by atoms with Gasteiger partial charge in [-0.3, -0.25) is 30.1 Å². The fraction of sp³-hybridized carbons (Fsp3) is 0.368.